The van der Waals surface area contributed by atoms with E-state index in [1.807, 2.05) is 61.5 Å². The lowest BCUT2D eigenvalue weighted by atomic mass is 9.93. The summed E-state index contributed by atoms with van der Waals surface area (Å²) in [6.07, 6.45) is 1.86. The molecule has 2 fully saturated rings. The summed E-state index contributed by atoms with van der Waals surface area (Å²) in [6.45, 7) is 4.74. The van der Waals surface area contributed by atoms with Crippen LogP contribution in [0.4, 0.5) is 0 Å². The predicted molar refractivity (Wildman–Crippen MR) is 143 cm³/mol. The normalized spacial score (nSPS) is 22.0. The number of benzene rings is 2. The van der Waals surface area contributed by atoms with Gasteiger partial charge in [-0.1, -0.05) is 30.3 Å². The molecule has 3 atom stereocenters. The molecular formula is C30H33N3O6. The fourth-order valence-electron chi connectivity index (χ4n) is 5.72. The molecule has 2 aliphatic rings. The number of hydrogen-bond donors (Lipinski definition) is 2. The molecule has 1 aliphatic heterocycles. The van der Waals surface area contributed by atoms with E-state index in [0.29, 0.717) is 44.6 Å². The van der Waals surface area contributed by atoms with Crippen molar-refractivity contribution in [2.75, 3.05) is 13.2 Å². The van der Waals surface area contributed by atoms with E-state index in [1.165, 1.54) is 4.90 Å². The molecule has 204 valence electrons. The molecular weight excluding hydrogens is 498 g/mol. The Morgan fingerprint density at radius 3 is 2.67 bits per heavy atom. The third-order valence-corrected chi connectivity index (χ3v) is 7.77. The molecule has 2 heterocycles. The first-order valence-electron chi connectivity index (χ1n) is 13.3. The van der Waals surface area contributed by atoms with Gasteiger partial charge in [0.15, 0.2) is 0 Å². The number of fused-ring (bicyclic) bond motifs is 1. The van der Waals surface area contributed by atoms with Crippen LogP contribution in [0, 0.1) is 18.3 Å². The number of hydroxylamine groups is 1. The van der Waals surface area contributed by atoms with Crippen LogP contribution in [-0.2, 0) is 32.1 Å². The summed E-state index contributed by atoms with van der Waals surface area (Å²) in [5, 5.41) is 10.1. The average Bonchev–Trinajstić information content (AvgIpc) is 3.46. The van der Waals surface area contributed by atoms with E-state index in [9.17, 15) is 14.4 Å². The standard InChI is InChI=1S/C30H33N3O6/c1-3-38-29(36)30(17-24(30)28(35)33-14-6-9-26(33)27(34)32-37)16-20-10-12-22(13-11-20)39-18-21-15-19(2)31-25-8-5-4-7-23(21)25/h4-5,7-8,10-13,15,24,26,37H,3,6,9,14,16-18H2,1-2H3,(H,32,34). The summed E-state index contributed by atoms with van der Waals surface area (Å²) in [4.78, 5) is 44.5. The zero-order valence-corrected chi connectivity index (χ0v) is 22.2. The Morgan fingerprint density at radius 1 is 1.15 bits per heavy atom. The molecule has 1 saturated heterocycles. The van der Waals surface area contributed by atoms with Gasteiger partial charge in [0.05, 0.1) is 23.5 Å². The van der Waals surface area contributed by atoms with Crippen LogP contribution in [0.15, 0.2) is 54.6 Å². The second kappa shape index (κ2) is 11.0. The number of likely N-dealkylation sites (tertiary alicyclic amines) is 1. The van der Waals surface area contributed by atoms with Crippen molar-refractivity contribution in [1.82, 2.24) is 15.4 Å². The second-order valence-corrected chi connectivity index (χ2v) is 10.3. The number of aryl methyl sites for hydroxylation is 1. The quantitative estimate of drug-likeness (QED) is 0.245. The molecule has 0 radical (unpaired) electrons. The summed E-state index contributed by atoms with van der Waals surface area (Å²) in [5.41, 5.74) is 4.49. The van der Waals surface area contributed by atoms with Crippen LogP contribution in [0.1, 0.15) is 43.0 Å². The largest absolute Gasteiger partial charge is 0.489 e. The van der Waals surface area contributed by atoms with Gasteiger partial charge in [-0.15, -0.1) is 0 Å². The Morgan fingerprint density at radius 2 is 1.92 bits per heavy atom. The van der Waals surface area contributed by atoms with Crippen LogP contribution in [0.3, 0.4) is 0 Å². The Hall–Kier alpha value is -3.98. The summed E-state index contributed by atoms with van der Waals surface area (Å²) < 4.78 is 11.5. The van der Waals surface area contributed by atoms with E-state index < -0.39 is 29.3 Å². The average molecular weight is 532 g/mol. The third kappa shape index (κ3) is 5.31. The van der Waals surface area contributed by atoms with Crippen LogP contribution in [-0.4, -0.2) is 52.1 Å². The Balaban J connectivity index is 1.28. The SMILES string of the molecule is CCOC(=O)C1(Cc2ccc(OCc3cc(C)nc4ccccc34)cc2)CC1C(=O)N1CCCC1C(=O)NO. The molecule has 0 spiro atoms. The van der Waals surface area contributed by atoms with Gasteiger partial charge in [-0.05, 0) is 69.4 Å². The molecule has 1 aliphatic carbocycles. The minimum absolute atomic E-state index is 0.219. The van der Waals surface area contributed by atoms with Crippen molar-refractivity contribution in [3.05, 3.63) is 71.4 Å². The van der Waals surface area contributed by atoms with Crippen LogP contribution in [0.25, 0.3) is 10.9 Å². The van der Waals surface area contributed by atoms with Gasteiger partial charge in [0.1, 0.15) is 18.4 Å². The third-order valence-electron chi connectivity index (χ3n) is 7.77. The first kappa shape index (κ1) is 26.6. The number of nitrogens with zero attached hydrogens (tertiary/aromatic N) is 2. The lowest BCUT2D eigenvalue weighted by Crippen LogP contribution is -2.46. The van der Waals surface area contributed by atoms with Crippen molar-refractivity contribution in [2.45, 2.75) is 52.2 Å². The van der Waals surface area contributed by atoms with Crippen molar-refractivity contribution in [1.29, 1.82) is 0 Å². The van der Waals surface area contributed by atoms with E-state index in [1.54, 1.807) is 12.4 Å². The van der Waals surface area contributed by atoms with Gasteiger partial charge in [0, 0.05) is 23.2 Å². The van der Waals surface area contributed by atoms with Crippen molar-refractivity contribution in [3.63, 3.8) is 0 Å². The van der Waals surface area contributed by atoms with Gasteiger partial charge < -0.3 is 14.4 Å². The zero-order chi connectivity index (χ0) is 27.6. The Bertz CT molecular complexity index is 1390. The highest BCUT2D eigenvalue weighted by Gasteiger charge is 2.65. The number of rotatable bonds is 9. The maximum Gasteiger partial charge on any atom is 0.313 e. The number of pyridine rings is 1. The molecule has 2 N–H and O–H groups in total. The highest BCUT2D eigenvalue weighted by molar-refractivity contribution is 5.96. The number of hydrogen-bond acceptors (Lipinski definition) is 7. The number of carbonyl (C=O) groups is 3. The van der Waals surface area contributed by atoms with Gasteiger partial charge >= 0.3 is 5.97 Å². The molecule has 9 heteroatoms. The fourth-order valence-corrected chi connectivity index (χ4v) is 5.72. The number of para-hydroxylation sites is 1. The maximum absolute atomic E-state index is 13.4. The first-order chi connectivity index (χ1) is 18.9. The van der Waals surface area contributed by atoms with Crippen molar-refractivity contribution in [3.8, 4) is 5.75 Å². The summed E-state index contributed by atoms with van der Waals surface area (Å²) >= 11 is 0. The molecule has 3 unspecified atom stereocenters. The molecule has 9 nitrogen and oxygen atoms in total. The fraction of sp³-hybridized carbons (Fsp3) is 0.400. The predicted octanol–water partition coefficient (Wildman–Crippen LogP) is 3.73. The van der Waals surface area contributed by atoms with E-state index in [2.05, 4.69) is 4.98 Å². The van der Waals surface area contributed by atoms with E-state index in [0.717, 1.165) is 27.7 Å². The monoisotopic (exact) mass is 531 g/mol. The summed E-state index contributed by atoms with van der Waals surface area (Å²) in [6, 6.07) is 16.8. The molecule has 0 bridgehead atoms. The van der Waals surface area contributed by atoms with Crippen molar-refractivity contribution >= 4 is 28.7 Å². The van der Waals surface area contributed by atoms with Crippen LogP contribution in [0.2, 0.25) is 0 Å². The number of aromatic nitrogens is 1. The molecule has 3 aromatic rings. The molecule has 39 heavy (non-hydrogen) atoms. The second-order valence-electron chi connectivity index (χ2n) is 10.3. The van der Waals surface area contributed by atoms with Gasteiger partial charge in [-0.2, -0.15) is 0 Å². The zero-order valence-electron chi connectivity index (χ0n) is 22.2. The highest BCUT2D eigenvalue weighted by Crippen LogP contribution is 2.57. The number of amides is 2. The number of nitrogens with one attached hydrogen (secondary N) is 1. The highest BCUT2D eigenvalue weighted by atomic mass is 16.5. The number of esters is 1. The molecule has 5 rings (SSSR count). The van der Waals surface area contributed by atoms with E-state index in [4.69, 9.17) is 14.7 Å². The molecule has 2 aromatic carbocycles. The maximum atomic E-state index is 13.4. The summed E-state index contributed by atoms with van der Waals surface area (Å²) in [5.74, 6) is -1.11. The van der Waals surface area contributed by atoms with Gasteiger partial charge in [0.25, 0.3) is 5.91 Å². The summed E-state index contributed by atoms with van der Waals surface area (Å²) in [7, 11) is 0. The van der Waals surface area contributed by atoms with Crippen LogP contribution in [0.5, 0.6) is 5.75 Å². The molecule has 1 saturated carbocycles. The van der Waals surface area contributed by atoms with Crippen molar-refractivity contribution in [2.24, 2.45) is 11.3 Å². The lowest BCUT2D eigenvalue weighted by Gasteiger charge is -2.24. The Labute approximate surface area is 227 Å². The minimum atomic E-state index is -0.966. The van der Waals surface area contributed by atoms with E-state index in [-0.39, 0.29) is 12.5 Å². The van der Waals surface area contributed by atoms with Crippen LogP contribution >= 0.6 is 0 Å². The molecule has 1 aromatic heterocycles. The lowest BCUT2D eigenvalue weighted by molar-refractivity contribution is -0.153. The smallest absolute Gasteiger partial charge is 0.313 e. The molecule has 2 amide bonds. The van der Waals surface area contributed by atoms with Gasteiger partial charge in [-0.3, -0.25) is 24.6 Å². The van der Waals surface area contributed by atoms with E-state index >= 15 is 0 Å². The van der Waals surface area contributed by atoms with Crippen molar-refractivity contribution < 1.29 is 29.1 Å². The first-order valence-corrected chi connectivity index (χ1v) is 13.3. The van der Waals surface area contributed by atoms with Gasteiger partial charge in [0.2, 0.25) is 5.91 Å². The topological polar surface area (TPSA) is 118 Å². The Kier molecular flexibility index (Phi) is 7.52. The number of ether oxygens (including phenoxy) is 2. The minimum Gasteiger partial charge on any atom is -0.489 e. The number of carbonyl (C=O) groups excluding carboxylic acids is 3. The van der Waals surface area contributed by atoms with Crippen LogP contribution < -0.4 is 10.2 Å². The van der Waals surface area contributed by atoms with Gasteiger partial charge in [-0.25, -0.2) is 5.48 Å².